The number of hydrogen-bond donors (Lipinski definition) is 0. The van der Waals surface area contributed by atoms with Crippen LogP contribution in [0.25, 0.3) is 0 Å². The number of hydrogen-bond acceptors (Lipinski definition) is 5. The van der Waals surface area contributed by atoms with Gasteiger partial charge in [-0.15, -0.1) is 0 Å². The molecule has 2 bridgehead atoms. The highest BCUT2D eigenvalue weighted by Crippen LogP contribution is 2.70. The van der Waals surface area contributed by atoms with E-state index in [0.29, 0.717) is 19.3 Å². The summed E-state index contributed by atoms with van der Waals surface area (Å²) >= 11 is 0. The van der Waals surface area contributed by atoms with Crippen LogP contribution in [-0.4, -0.2) is 48.2 Å². The predicted octanol–water partition coefficient (Wildman–Crippen LogP) is 2.19. The standard InChI is InChI=1S/C20H20N2O4/c1-25-17(24)22-15-6-3-2-5-13(15)20-8-10-21-9-4-7-18(21)11-14(16(23)26-20)19(20,22)12-18/h2-7,14H,8-12H2,1H3/t14-,18-,19+,20+/m1/s1. The number of methoxy groups -OCH3 is 1. The second-order valence-electron chi connectivity index (χ2n) is 8.13. The van der Waals surface area contributed by atoms with E-state index in [0.717, 1.165) is 24.3 Å². The largest absolute Gasteiger partial charge is 0.452 e. The van der Waals surface area contributed by atoms with Gasteiger partial charge >= 0.3 is 12.1 Å². The first-order valence-corrected chi connectivity index (χ1v) is 9.21. The fraction of sp³-hybridized carbons (Fsp3) is 0.500. The van der Waals surface area contributed by atoms with Gasteiger partial charge in [0.25, 0.3) is 0 Å². The van der Waals surface area contributed by atoms with E-state index in [1.807, 2.05) is 24.3 Å². The van der Waals surface area contributed by atoms with Crippen molar-refractivity contribution in [3.05, 3.63) is 42.0 Å². The maximum absolute atomic E-state index is 13.0. The molecule has 0 aromatic heterocycles. The minimum absolute atomic E-state index is 0.166. The van der Waals surface area contributed by atoms with Crippen molar-refractivity contribution >= 4 is 17.7 Å². The normalized spacial score (nSPS) is 41.5. The monoisotopic (exact) mass is 352 g/mol. The molecule has 26 heavy (non-hydrogen) atoms. The quantitative estimate of drug-likeness (QED) is 0.529. The summed E-state index contributed by atoms with van der Waals surface area (Å²) in [5, 5.41) is 0. The Labute approximate surface area is 151 Å². The molecule has 2 saturated heterocycles. The lowest BCUT2D eigenvalue weighted by Gasteiger charge is -2.41. The van der Waals surface area contributed by atoms with Crippen LogP contribution in [0, 0.1) is 5.92 Å². The number of para-hydroxylation sites is 1. The number of carbonyl (C=O) groups excluding carboxylic acids is 2. The lowest BCUT2D eigenvalue weighted by Crippen LogP contribution is -2.59. The van der Waals surface area contributed by atoms with Crippen LogP contribution in [0.2, 0.25) is 0 Å². The molecular weight excluding hydrogens is 332 g/mol. The zero-order valence-electron chi connectivity index (χ0n) is 14.6. The van der Waals surface area contributed by atoms with E-state index in [1.165, 1.54) is 7.11 Å². The van der Waals surface area contributed by atoms with Gasteiger partial charge in [0.2, 0.25) is 0 Å². The van der Waals surface area contributed by atoms with Crippen LogP contribution in [0.1, 0.15) is 24.8 Å². The summed E-state index contributed by atoms with van der Waals surface area (Å²) in [7, 11) is 1.40. The van der Waals surface area contributed by atoms with Gasteiger partial charge in [-0.05, 0) is 18.9 Å². The van der Waals surface area contributed by atoms with Crippen LogP contribution in [0.3, 0.4) is 0 Å². The Morgan fingerprint density at radius 2 is 2.19 bits per heavy atom. The zero-order valence-corrected chi connectivity index (χ0v) is 14.6. The molecule has 5 aliphatic rings. The second kappa shape index (κ2) is 4.31. The van der Waals surface area contributed by atoms with Gasteiger partial charge < -0.3 is 9.47 Å². The fourth-order valence-electron chi connectivity index (χ4n) is 6.56. The van der Waals surface area contributed by atoms with Crippen molar-refractivity contribution < 1.29 is 19.1 Å². The summed E-state index contributed by atoms with van der Waals surface area (Å²) in [5.74, 6) is -0.507. The molecule has 1 aromatic carbocycles. The predicted molar refractivity (Wildman–Crippen MR) is 92.6 cm³/mol. The molecule has 4 heterocycles. The van der Waals surface area contributed by atoms with Crippen molar-refractivity contribution in [2.45, 2.75) is 35.9 Å². The Kier molecular flexibility index (Phi) is 2.45. The first-order valence-electron chi connectivity index (χ1n) is 9.21. The van der Waals surface area contributed by atoms with Crippen LogP contribution < -0.4 is 4.90 Å². The van der Waals surface area contributed by atoms with Gasteiger partial charge in [-0.3, -0.25) is 14.6 Å². The minimum Gasteiger partial charge on any atom is -0.452 e. The highest BCUT2D eigenvalue weighted by Gasteiger charge is 2.81. The molecule has 1 saturated carbocycles. The molecule has 3 fully saturated rings. The summed E-state index contributed by atoms with van der Waals surface area (Å²) in [6, 6.07) is 7.84. The molecular formula is C20H20N2O4. The maximum Gasteiger partial charge on any atom is 0.414 e. The number of amides is 1. The average Bonchev–Trinajstić information content (AvgIpc) is 3.30. The van der Waals surface area contributed by atoms with Crippen LogP contribution >= 0.6 is 0 Å². The lowest BCUT2D eigenvalue weighted by atomic mass is 9.72. The highest BCUT2D eigenvalue weighted by molar-refractivity contribution is 5.98. The van der Waals surface area contributed by atoms with Crippen LogP contribution in [0.15, 0.2) is 36.4 Å². The SMILES string of the molecule is COC(=O)N1c2ccccc2[C@]23CCN4CC=C[C@]45C[C@H](C(=O)O2)[C@]13C5. The van der Waals surface area contributed by atoms with Crippen LogP contribution in [0.4, 0.5) is 10.5 Å². The average molecular weight is 352 g/mol. The van der Waals surface area contributed by atoms with Crippen molar-refractivity contribution in [2.24, 2.45) is 5.92 Å². The lowest BCUT2D eigenvalue weighted by molar-refractivity contribution is -0.152. The number of ether oxygens (including phenoxy) is 2. The number of nitrogens with zero attached hydrogens (tertiary/aromatic N) is 2. The second-order valence-corrected chi connectivity index (χ2v) is 8.13. The number of carbonyl (C=O) groups is 2. The summed E-state index contributed by atoms with van der Waals surface area (Å²) in [4.78, 5) is 30.2. The van der Waals surface area contributed by atoms with E-state index < -0.39 is 17.2 Å². The smallest absolute Gasteiger partial charge is 0.414 e. The topological polar surface area (TPSA) is 59.1 Å². The van der Waals surface area contributed by atoms with E-state index in [9.17, 15) is 9.59 Å². The van der Waals surface area contributed by atoms with E-state index in [1.54, 1.807) is 4.90 Å². The number of esters is 1. The van der Waals surface area contributed by atoms with Gasteiger partial charge in [-0.2, -0.15) is 0 Å². The minimum atomic E-state index is -0.777. The molecule has 0 radical (unpaired) electrons. The van der Waals surface area contributed by atoms with Crippen molar-refractivity contribution in [3.63, 3.8) is 0 Å². The molecule has 6 nitrogen and oxygen atoms in total. The zero-order chi connectivity index (χ0) is 17.7. The molecule has 0 N–H and O–H groups in total. The summed E-state index contributed by atoms with van der Waals surface area (Å²) in [6.45, 7) is 1.74. The van der Waals surface area contributed by atoms with Gasteiger partial charge in [0.1, 0.15) is 5.54 Å². The molecule has 1 aliphatic carbocycles. The summed E-state index contributed by atoms with van der Waals surface area (Å²) in [5.41, 5.74) is 0.124. The third-order valence-electron chi connectivity index (χ3n) is 7.42. The Hall–Kier alpha value is -2.34. The summed E-state index contributed by atoms with van der Waals surface area (Å²) in [6.07, 6.45) is 6.14. The Morgan fingerprint density at radius 3 is 3.04 bits per heavy atom. The maximum atomic E-state index is 13.0. The van der Waals surface area contributed by atoms with Crippen molar-refractivity contribution in [1.82, 2.24) is 4.90 Å². The first-order chi connectivity index (χ1) is 12.6. The van der Waals surface area contributed by atoms with Gasteiger partial charge in [-0.1, -0.05) is 30.4 Å². The van der Waals surface area contributed by atoms with Crippen molar-refractivity contribution in [1.29, 1.82) is 0 Å². The highest BCUT2D eigenvalue weighted by atomic mass is 16.6. The number of rotatable bonds is 0. The Bertz CT molecular complexity index is 898. The first kappa shape index (κ1) is 14.8. The van der Waals surface area contributed by atoms with E-state index in [2.05, 4.69) is 17.1 Å². The fourth-order valence-corrected chi connectivity index (χ4v) is 6.56. The van der Waals surface area contributed by atoms with E-state index in [4.69, 9.17) is 9.47 Å². The molecule has 6 rings (SSSR count). The van der Waals surface area contributed by atoms with Crippen LogP contribution in [-0.2, 0) is 19.9 Å². The molecule has 2 spiro atoms. The molecule has 134 valence electrons. The molecule has 1 amide bonds. The third-order valence-corrected chi connectivity index (χ3v) is 7.42. The van der Waals surface area contributed by atoms with Gasteiger partial charge in [0.15, 0.2) is 5.60 Å². The molecule has 0 unspecified atom stereocenters. The van der Waals surface area contributed by atoms with Gasteiger partial charge in [0, 0.05) is 30.6 Å². The van der Waals surface area contributed by atoms with E-state index >= 15 is 0 Å². The number of benzene rings is 1. The summed E-state index contributed by atoms with van der Waals surface area (Å²) < 4.78 is 11.4. The number of anilines is 1. The third kappa shape index (κ3) is 1.29. The molecule has 1 aromatic rings. The van der Waals surface area contributed by atoms with Crippen LogP contribution in [0.5, 0.6) is 0 Å². The van der Waals surface area contributed by atoms with Crippen molar-refractivity contribution in [3.8, 4) is 0 Å². The van der Waals surface area contributed by atoms with Crippen molar-refractivity contribution in [2.75, 3.05) is 25.1 Å². The Balaban J connectivity index is 1.68. The molecule has 4 aliphatic heterocycles. The molecule has 6 heteroatoms. The van der Waals surface area contributed by atoms with Gasteiger partial charge in [-0.25, -0.2) is 4.79 Å². The molecule has 4 atom stereocenters. The number of fused-ring (bicyclic) bond motifs is 1. The van der Waals surface area contributed by atoms with Gasteiger partial charge in [0.05, 0.1) is 18.7 Å². The Morgan fingerprint density at radius 1 is 1.35 bits per heavy atom. The van der Waals surface area contributed by atoms with E-state index in [-0.39, 0.29) is 17.4 Å².